The molecule has 0 fully saturated rings. The van der Waals surface area contributed by atoms with E-state index in [1.807, 2.05) is 0 Å². The number of alkyl halides is 3. The Kier molecular flexibility index (Phi) is 7.33. The molecule has 0 saturated carbocycles. The molecule has 0 radical (unpaired) electrons. The summed E-state index contributed by atoms with van der Waals surface area (Å²) in [6, 6.07) is 0. The fourth-order valence-corrected chi connectivity index (χ4v) is 1.10. The number of carbonyl (C=O) groups is 2. The minimum absolute atomic E-state index is 0.0785. The van der Waals surface area contributed by atoms with E-state index in [0.29, 0.717) is 0 Å². The van der Waals surface area contributed by atoms with Gasteiger partial charge in [0, 0.05) is 19.4 Å². The molecule has 0 bridgehead atoms. The molecule has 0 aliphatic heterocycles. The van der Waals surface area contributed by atoms with Crippen LogP contribution in [0.2, 0.25) is 0 Å². The van der Waals surface area contributed by atoms with Crippen molar-refractivity contribution in [3.8, 4) is 0 Å². The Morgan fingerprint density at radius 3 is 2.50 bits per heavy atom. The van der Waals surface area contributed by atoms with Crippen molar-refractivity contribution in [2.75, 3.05) is 19.8 Å². The standard InChI is InChI=1S/C10H16F3NO4/c1-7(4-9(16)17)5-14-8(15)2-3-18-6-10(11,12)13/h7H,2-6H2,1H3,(H,14,15)(H,16,17). The van der Waals surface area contributed by atoms with Crippen LogP contribution in [0.25, 0.3) is 0 Å². The van der Waals surface area contributed by atoms with Crippen LogP contribution in [0.15, 0.2) is 0 Å². The fraction of sp³-hybridized carbons (Fsp3) is 0.800. The van der Waals surface area contributed by atoms with E-state index in [9.17, 15) is 22.8 Å². The first-order valence-corrected chi connectivity index (χ1v) is 5.33. The number of carboxylic acid groups (broad SMARTS) is 1. The fourth-order valence-electron chi connectivity index (χ4n) is 1.10. The third kappa shape index (κ3) is 11.2. The third-order valence-corrected chi connectivity index (χ3v) is 1.91. The van der Waals surface area contributed by atoms with Gasteiger partial charge in [-0.2, -0.15) is 13.2 Å². The van der Waals surface area contributed by atoms with Gasteiger partial charge in [0.15, 0.2) is 0 Å². The number of hydrogen-bond donors (Lipinski definition) is 2. The number of halogens is 3. The average Bonchev–Trinajstić information content (AvgIpc) is 2.19. The maximum Gasteiger partial charge on any atom is 0.411 e. The molecule has 0 spiro atoms. The molecule has 2 N–H and O–H groups in total. The Bertz CT molecular complexity index is 281. The van der Waals surface area contributed by atoms with Crippen molar-refractivity contribution in [3.63, 3.8) is 0 Å². The molecule has 0 heterocycles. The van der Waals surface area contributed by atoms with Crippen molar-refractivity contribution < 1.29 is 32.6 Å². The molecule has 0 saturated heterocycles. The maximum absolute atomic E-state index is 11.7. The second kappa shape index (κ2) is 7.91. The molecule has 1 atom stereocenters. The van der Waals surface area contributed by atoms with Crippen LogP contribution in [-0.4, -0.2) is 42.9 Å². The van der Waals surface area contributed by atoms with Crippen LogP contribution in [0.3, 0.4) is 0 Å². The van der Waals surface area contributed by atoms with E-state index >= 15 is 0 Å². The number of rotatable bonds is 8. The second-order valence-electron chi connectivity index (χ2n) is 3.92. The first-order chi connectivity index (χ1) is 8.20. The zero-order valence-electron chi connectivity index (χ0n) is 9.92. The normalized spacial score (nSPS) is 13.1. The van der Waals surface area contributed by atoms with Gasteiger partial charge in [-0.05, 0) is 5.92 Å². The number of carboxylic acids is 1. The molecule has 106 valence electrons. The molecule has 0 aromatic heterocycles. The highest BCUT2D eigenvalue weighted by Crippen LogP contribution is 2.14. The zero-order chi connectivity index (χ0) is 14.2. The quantitative estimate of drug-likeness (QED) is 0.650. The molecule has 0 aliphatic rings. The summed E-state index contributed by atoms with van der Waals surface area (Å²) in [5.41, 5.74) is 0. The van der Waals surface area contributed by atoms with Crippen LogP contribution in [-0.2, 0) is 14.3 Å². The Morgan fingerprint density at radius 1 is 1.39 bits per heavy atom. The number of carbonyl (C=O) groups excluding carboxylic acids is 1. The predicted molar refractivity (Wildman–Crippen MR) is 55.9 cm³/mol. The number of aliphatic carboxylic acids is 1. The maximum atomic E-state index is 11.7. The topological polar surface area (TPSA) is 75.6 Å². The van der Waals surface area contributed by atoms with Gasteiger partial charge in [0.1, 0.15) is 6.61 Å². The highest BCUT2D eigenvalue weighted by atomic mass is 19.4. The van der Waals surface area contributed by atoms with Gasteiger partial charge in [-0.25, -0.2) is 0 Å². The highest BCUT2D eigenvalue weighted by molar-refractivity contribution is 5.76. The van der Waals surface area contributed by atoms with E-state index in [1.54, 1.807) is 6.92 Å². The van der Waals surface area contributed by atoms with Crippen molar-refractivity contribution in [2.24, 2.45) is 5.92 Å². The first-order valence-electron chi connectivity index (χ1n) is 5.33. The van der Waals surface area contributed by atoms with Crippen molar-refractivity contribution in [3.05, 3.63) is 0 Å². The molecule has 0 aliphatic carbocycles. The highest BCUT2D eigenvalue weighted by Gasteiger charge is 2.27. The molecule has 0 aromatic rings. The van der Waals surface area contributed by atoms with Gasteiger partial charge in [-0.15, -0.1) is 0 Å². The first kappa shape index (κ1) is 16.7. The number of nitrogens with one attached hydrogen (secondary N) is 1. The summed E-state index contributed by atoms with van der Waals surface area (Å²) < 4.78 is 39.3. The lowest BCUT2D eigenvalue weighted by Gasteiger charge is -2.11. The molecule has 1 unspecified atom stereocenters. The molecule has 0 aromatic carbocycles. The van der Waals surface area contributed by atoms with Crippen LogP contribution < -0.4 is 5.32 Å². The van der Waals surface area contributed by atoms with E-state index in [0.717, 1.165) is 0 Å². The molecular weight excluding hydrogens is 255 g/mol. The van der Waals surface area contributed by atoms with E-state index in [-0.39, 0.29) is 31.9 Å². The second-order valence-corrected chi connectivity index (χ2v) is 3.92. The smallest absolute Gasteiger partial charge is 0.411 e. The van der Waals surface area contributed by atoms with Gasteiger partial charge in [-0.1, -0.05) is 6.92 Å². The summed E-state index contributed by atoms with van der Waals surface area (Å²) >= 11 is 0. The lowest BCUT2D eigenvalue weighted by atomic mass is 10.1. The number of hydrogen-bond acceptors (Lipinski definition) is 3. The van der Waals surface area contributed by atoms with E-state index in [2.05, 4.69) is 10.1 Å². The van der Waals surface area contributed by atoms with Crippen molar-refractivity contribution in [1.29, 1.82) is 0 Å². The van der Waals surface area contributed by atoms with Crippen molar-refractivity contribution >= 4 is 11.9 Å². The third-order valence-electron chi connectivity index (χ3n) is 1.91. The summed E-state index contributed by atoms with van der Waals surface area (Å²) in [5.74, 6) is -1.66. The van der Waals surface area contributed by atoms with Crippen LogP contribution in [0, 0.1) is 5.92 Å². The summed E-state index contributed by atoms with van der Waals surface area (Å²) in [6.45, 7) is 0.118. The average molecular weight is 271 g/mol. The number of amides is 1. The summed E-state index contributed by atoms with van der Waals surface area (Å²) in [4.78, 5) is 21.5. The van der Waals surface area contributed by atoms with Crippen molar-refractivity contribution in [1.82, 2.24) is 5.32 Å². The zero-order valence-corrected chi connectivity index (χ0v) is 9.92. The Balaban J connectivity index is 3.57. The lowest BCUT2D eigenvalue weighted by Crippen LogP contribution is -2.30. The Hall–Kier alpha value is -1.31. The predicted octanol–water partition coefficient (Wildman–Crippen LogP) is 1.18. The monoisotopic (exact) mass is 271 g/mol. The minimum Gasteiger partial charge on any atom is -0.481 e. The van der Waals surface area contributed by atoms with Gasteiger partial charge in [-0.3, -0.25) is 9.59 Å². The van der Waals surface area contributed by atoms with E-state index < -0.39 is 24.7 Å². The van der Waals surface area contributed by atoms with Gasteiger partial charge < -0.3 is 15.2 Å². The SMILES string of the molecule is CC(CNC(=O)CCOCC(F)(F)F)CC(=O)O. The molecule has 18 heavy (non-hydrogen) atoms. The minimum atomic E-state index is -4.40. The molecule has 8 heteroatoms. The van der Waals surface area contributed by atoms with Gasteiger partial charge in [0.25, 0.3) is 0 Å². The van der Waals surface area contributed by atoms with Gasteiger partial charge in [0.2, 0.25) is 5.91 Å². The van der Waals surface area contributed by atoms with Crippen LogP contribution in [0.4, 0.5) is 13.2 Å². The van der Waals surface area contributed by atoms with Crippen LogP contribution in [0.1, 0.15) is 19.8 Å². The van der Waals surface area contributed by atoms with Crippen LogP contribution >= 0.6 is 0 Å². The van der Waals surface area contributed by atoms with Crippen LogP contribution in [0.5, 0.6) is 0 Å². The van der Waals surface area contributed by atoms with E-state index in [4.69, 9.17) is 5.11 Å². The summed E-state index contributed by atoms with van der Waals surface area (Å²) in [6.07, 6.45) is -4.66. The summed E-state index contributed by atoms with van der Waals surface area (Å²) in [5, 5.41) is 10.9. The lowest BCUT2D eigenvalue weighted by molar-refractivity contribution is -0.174. The largest absolute Gasteiger partial charge is 0.481 e. The van der Waals surface area contributed by atoms with Gasteiger partial charge in [0.05, 0.1) is 6.61 Å². The number of ether oxygens (including phenoxy) is 1. The van der Waals surface area contributed by atoms with E-state index in [1.165, 1.54) is 0 Å². The summed E-state index contributed by atoms with van der Waals surface area (Å²) in [7, 11) is 0. The molecular formula is C10H16F3NO4. The van der Waals surface area contributed by atoms with Crippen molar-refractivity contribution in [2.45, 2.75) is 25.9 Å². The molecule has 0 rings (SSSR count). The Labute approximate surface area is 102 Å². The molecule has 5 nitrogen and oxygen atoms in total. The molecule has 1 amide bonds. The van der Waals surface area contributed by atoms with Gasteiger partial charge >= 0.3 is 12.1 Å². The Morgan fingerprint density at radius 2 is 2.00 bits per heavy atom.